The van der Waals surface area contributed by atoms with Crippen molar-refractivity contribution in [1.82, 2.24) is 5.32 Å². The fourth-order valence-electron chi connectivity index (χ4n) is 5.57. The number of nitrogens with one attached hydrogen (secondary N) is 1. The molecule has 4 aliphatic rings. The van der Waals surface area contributed by atoms with Crippen LogP contribution in [0.4, 0.5) is 0 Å². The molecule has 0 radical (unpaired) electrons. The van der Waals surface area contributed by atoms with Gasteiger partial charge in [-0.05, 0) is 68.6 Å². The van der Waals surface area contributed by atoms with E-state index in [2.05, 4.69) is 26.3 Å². The van der Waals surface area contributed by atoms with Gasteiger partial charge in [0, 0.05) is 6.42 Å². The zero-order chi connectivity index (χ0) is 15.1. The zero-order valence-corrected chi connectivity index (χ0v) is 16.7. The first kappa shape index (κ1) is 18.5. The van der Waals surface area contributed by atoms with Crippen LogP contribution < -0.4 is 29.3 Å². The number of hydrogen-bond donors (Lipinski definition) is 1. The molecule has 128 valence electrons. The molecular weight excluding hydrogens is 387 g/mol. The van der Waals surface area contributed by atoms with Gasteiger partial charge in [-0.2, -0.15) is 0 Å². The summed E-state index contributed by atoms with van der Waals surface area (Å²) < 4.78 is 0.984. The van der Waals surface area contributed by atoms with Crippen LogP contribution in [0.15, 0.2) is 0 Å². The van der Waals surface area contributed by atoms with Crippen LogP contribution in [0.1, 0.15) is 51.9 Å². The first-order valence-corrected chi connectivity index (χ1v) is 8.98. The van der Waals surface area contributed by atoms with E-state index in [0.29, 0.717) is 11.3 Å². The normalized spacial score (nSPS) is 36.0. The number of hydrogen-bond acceptors (Lipinski definition) is 1. The smallest absolute Gasteiger partial charge is 0.220 e. The largest absolute Gasteiger partial charge is 1.00 e. The van der Waals surface area contributed by atoms with Crippen molar-refractivity contribution in [2.75, 3.05) is 33.7 Å². The third-order valence-electron chi connectivity index (χ3n) is 6.60. The summed E-state index contributed by atoms with van der Waals surface area (Å²) in [7, 11) is 4.45. The van der Waals surface area contributed by atoms with E-state index < -0.39 is 0 Å². The van der Waals surface area contributed by atoms with E-state index in [-0.39, 0.29) is 24.0 Å². The van der Waals surface area contributed by atoms with E-state index in [1.54, 1.807) is 0 Å². The SMILES string of the molecule is CC[N+](C)(C)CCNC(=O)CC12CC3CC(CC(C3)C1)C2.[I-]. The van der Waals surface area contributed by atoms with Gasteiger partial charge >= 0.3 is 0 Å². The second-order valence-corrected chi connectivity index (χ2v) is 8.92. The molecule has 4 aliphatic carbocycles. The summed E-state index contributed by atoms with van der Waals surface area (Å²) in [5, 5.41) is 3.19. The van der Waals surface area contributed by atoms with Crippen LogP contribution in [0.3, 0.4) is 0 Å². The molecule has 4 saturated carbocycles. The van der Waals surface area contributed by atoms with Gasteiger partial charge in [-0.1, -0.05) is 0 Å². The highest BCUT2D eigenvalue weighted by Crippen LogP contribution is 2.61. The Balaban J connectivity index is 0.00000176. The Hall–Kier alpha value is 0.160. The van der Waals surface area contributed by atoms with E-state index in [4.69, 9.17) is 0 Å². The molecule has 0 spiro atoms. The Morgan fingerprint density at radius 2 is 1.59 bits per heavy atom. The summed E-state index contributed by atoms with van der Waals surface area (Å²) in [5.74, 6) is 3.15. The molecule has 0 aromatic heterocycles. The Labute approximate surface area is 153 Å². The van der Waals surface area contributed by atoms with Crippen LogP contribution in [0.5, 0.6) is 0 Å². The van der Waals surface area contributed by atoms with Gasteiger partial charge in [0.15, 0.2) is 0 Å². The van der Waals surface area contributed by atoms with Gasteiger partial charge < -0.3 is 33.8 Å². The number of quaternary nitrogens is 1. The molecule has 0 aliphatic heterocycles. The maximum absolute atomic E-state index is 12.4. The van der Waals surface area contributed by atoms with Gasteiger partial charge in [0.05, 0.1) is 33.7 Å². The highest BCUT2D eigenvalue weighted by atomic mass is 127. The monoisotopic (exact) mass is 420 g/mol. The number of amides is 1. The number of nitrogens with zero attached hydrogens (tertiary/aromatic N) is 1. The zero-order valence-electron chi connectivity index (χ0n) is 14.5. The minimum absolute atomic E-state index is 0. The maximum Gasteiger partial charge on any atom is 0.220 e. The number of halogens is 1. The topological polar surface area (TPSA) is 29.1 Å². The minimum atomic E-state index is 0. The van der Waals surface area contributed by atoms with Crippen molar-refractivity contribution >= 4 is 5.91 Å². The summed E-state index contributed by atoms with van der Waals surface area (Å²) in [6.07, 6.45) is 9.19. The lowest BCUT2D eigenvalue weighted by molar-refractivity contribution is -0.887. The first-order chi connectivity index (χ1) is 9.90. The van der Waals surface area contributed by atoms with Crippen LogP contribution in [0.25, 0.3) is 0 Å². The van der Waals surface area contributed by atoms with E-state index in [1.807, 2.05) is 0 Å². The molecule has 4 heteroatoms. The summed E-state index contributed by atoms with van der Waals surface area (Å²) in [5.41, 5.74) is 0.383. The summed E-state index contributed by atoms with van der Waals surface area (Å²) in [6.45, 7) is 5.18. The third kappa shape index (κ3) is 4.16. The molecular formula is C18H33IN2O. The van der Waals surface area contributed by atoms with Gasteiger partial charge in [0.2, 0.25) is 5.91 Å². The highest BCUT2D eigenvalue weighted by Gasteiger charge is 2.51. The average Bonchev–Trinajstić information content (AvgIpc) is 2.36. The Morgan fingerprint density at radius 1 is 1.09 bits per heavy atom. The van der Waals surface area contributed by atoms with E-state index in [9.17, 15) is 4.79 Å². The fraction of sp³-hybridized carbons (Fsp3) is 0.944. The lowest BCUT2D eigenvalue weighted by Gasteiger charge is -2.56. The number of carbonyl (C=O) groups excluding carboxylic acids is 1. The van der Waals surface area contributed by atoms with Crippen LogP contribution in [0, 0.1) is 23.2 Å². The lowest BCUT2D eigenvalue weighted by Crippen LogP contribution is -3.00. The van der Waals surface area contributed by atoms with E-state index in [1.165, 1.54) is 38.5 Å². The Kier molecular flexibility index (Phi) is 5.85. The van der Waals surface area contributed by atoms with E-state index in [0.717, 1.165) is 48.3 Å². The van der Waals surface area contributed by atoms with Crippen molar-refractivity contribution in [3.8, 4) is 0 Å². The number of rotatable bonds is 6. The van der Waals surface area contributed by atoms with Gasteiger partial charge in [0.1, 0.15) is 0 Å². The van der Waals surface area contributed by atoms with Gasteiger partial charge in [0.25, 0.3) is 0 Å². The molecule has 0 saturated heterocycles. The van der Waals surface area contributed by atoms with Crippen LogP contribution >= 0.6 is 0 Å². The number of likely N-dealkylation sites (N-methyl/N-ethyl adjacent to an activating group) is 1. The molecule has 1 N–H and O–H groups in total. The van der Waals surface area contributed by atoms with Crippen molar-refractivity contribution in [3.05, 3.63) is 0 Å². The van der Waals surface area contributed by atoms with Crippen molar-refractivity contribution in [2.45, 2.75) is 51.9 Å². The molecule has 4 bridgehead atoms. The second-order valence-electron chi connectivity index (χ2n) is 8.92. The van der Waals surface area contributed by atoms with Gasteiger partial charge in [-0.3, -0.25) is 4.79 Å². The molecule has 0 heterocycles. The molecule has 4 fully saturated rings. The summed E-state index contributed by atoms with van der Waals surface area (Å²) in [6, 6.07) is 0. The van der Waals surface area contributed by atoms with E-state index >= 15 is 0 Å². The van der Waals surface area contributed by atoms with Crippen molar-refractivity contribution in [1.29, 1.82) is 0 Å². The van der Waals surface area contributed by atoms with Crippen LogP contribution in [-0.4, -0.2) is 44.1 Å². The van der Waals surface area contributed by atoms with Gasteiger partial charge in [-0.15, -0.1) is 0 Å². The van der Waals surface area contributed by atoms with Crippen molar-refractivity contribution < 1.29 is 33.3 Å². The summed E-state index contributed by atoms with van der Waals surface area (Å²) in [4.78, 5) is 12.4. The maximum atomic E-state index is 12.4. The predicted molar refractivity (Wildman–Crippen MR) is 85.7 cm³/mol. The molecule has 4 rings (SSSR count). The predicted octanol–water partition coefficient (Wildman–Crippen LogP) is -0.191. The lowest BCUT2D eigenvalue weighted by atomic mass is 9.49. The van der Waals surface area contributed by atoms with Crippen molar-refractivity contribution in [3.63, 3.8) is 0 Å². The van der Waals surface area contributed by atoms with Crippen molar-refractivity contribution in [2.24, 2.45) is 23.2 Å². The molecule has 0 aromatic carbocycles. The molecule has 0 aromatic rings. The van der Waals surface area contributed by atoms with Gasteiger partial charge in [-0.25, -0.2) is 0 Å². The Bertz CT molecular complexity index is 373. The minimum Gasteiger partial charge on any atom is -1.00 e. The van der Waals surface area contributed by atoms with Crippen LogP contribution in [0.2, 0.25) is 0 Å². The highest BCUT2D eigenvalue weighted by molar-refractivity contribution is 5.76. The first-order valence-electron chi connectivity index (χ1n) is 8.98. The fourth-order valence-corrected chi connectivity index (χ4v) is 5.57. The third-order valence-corrected chi connectivity index (χ3v) is 6.60. The molecule has 3 nitrogen and oxygen atoms in total. The van der Waals surface area contributed by atoms with Crippen LogP contribution in [-0.2, 0) is 4.79 Å². The standard InChI is InChI=1S/C18H32N2O.HI/c1-4-20(2,3)6-5-19-17(21)13-18-10-14-7-15(11-18)9-16(8-14)12-18;/h14-16H,4-13H2,1-3H3;1H. The molecule has 0 unspecified atom stereocenters. The Morgan fingerprint density at radius 3 is 2.05 bits per heavy atom. The quantitative estimate of drug-likeness (QED) is 0.469. The second kappa shape index (κ2) is 6.96. The number of carbonyl (C=O) groups is 1. The molecule has 0 atom stereocenters. The molecule has 1 amide bonds. The summed E-state index contributed by atoms with van der Waals surface area (Å²) >= 11 is 0. The molecule has 22 heavy (non-hydrogen) atoms. The average molecular weight is 420 g/mol.